The van der Waals surface area contributed by atoms with E-state index < -0.39 is 5.97 Å². The lowest BCUT2D eigenvalue weighted by Crippen LogP contribution is -2.11. The van der Waals surface area contributed by atoms with Crippen LogP contribution in [0.5, 0.6) is 5.75 Å². The van der Waals surface area contributed by atoms with Crippen molar-refractivity contribution in [1.29, 1.82) is 5.41 Å². The molecule has 7 heteroatoms. The molecule has 0 amide bonds. The summed E-state index contributed by atoms with van der Waals surface area (Å²) in [6.45, 7) is 0.564. The molecule has 0 aliphatic rings. The van der Waals surface area contributed by atoms with Gasteiger partial charge in [0.25, 0.3) is 0 Å². The van der Waals surface area contributed by atoms with Gasteiger partial charge in [-0.25, -0.2) is 4.79 Å². The third-order valence-corrected chi connectivity index (χ3v) is 7.07. The molecule has 0 saturated carbocycles. The van der Waals surface area contributed by atoms with Crippen LogP contribution in [-0.4, -0.2) is 28.6 Å². The smallest absolute Gasteiger partial charge is 0.336 e. The van der Waals surface area contributed by atoms with Gasteiger partial charge in [-0.3, -0.25) is 5.41 Å². The molecule has 0 unspecified atom stereocenters. The zero-order valence-corrected chi connectivity index (χ0v) is 21.6. The first kappa shape index (κ1) is 25.8. The summed E-state index contributed by atoms with van der Waals surface area (Å²) in [5.41, 5.74) is 18.8. The van der Waals surface area contributed by atoms with Crippen molar-refractivity contribution in [2.75, 3.05) is 7.11 Å². The maximum absolute atomic E-state index is 12.4. The first-order valence-electron chi connectivity index (χ1n) is 12.6. The predicted octanol–water partition coefficient (Wildman–Crippen LogP) is 5.40. The number of aromatic nitrogens is 1. The number of rotatable bonds is 9. The van der Waals surface area contributed by atoms with Gasteiger partial charge in [-0.05, 0) is 64.6 Å². The molecule has 7 nitrogen and oxygen atoms in total. The number of hydrogen-bond acceptors (Lipinski definition) is 4. The van der Waals surface area contributed by atoms with Crippen molar-refractivity contribution in [1.82, 2.24) is 4.57 Å². The molecule has 196 valence electrons. The summed E-state index contributed by atoms with van der Waals surface area (Å²) >= 11 is 0. The fourth-order valence-electron chi connectivity index (χ4n) is 5.22. The monoisotopic (exact) mass is 518 g/mol. The number of carboxylic acids is 1. The molecule has 6 N–H and O–H groups in total. The number of carboxylic acid groups (broad SMARTS) is 1. The van der Waals surface area contributed by atoms with Crippen molar-refractivity contribution in [3.05, 3.63) is 125 Å². The molecule has 0 aliphatic heterocycles. The number of hydrogen-bond donors (Lipinski definition) is 4. The first-order valence-corrected chi connectivity index (χ1v) is 12.6. The topological polar surface area (TPSA) is 127 Å². The molecule has 5 aromatic rings. The summed E-state index contributed by atoms with van der Waals surface area (Å²) in [4.78, 5) is 12.4. The van der Waals surface area contributed by atoms with Crippen molar-refractivity contribution < 1.29 is 14.6 Å². The summed E-state index contributed by atoms with van der Waals surface area (Å²) < 4.78 is 7.57. The molecule has 0 fully saturated rings. The van der Waals surface area contributed by atoms with Gasteiger partial charge in [-0.2, -0.15) is 0 Å². The molecule has 0 atom stereocenters. The molecular weight excluding hydrogens is 488 g/mol. The number of benzene rings is 4. The number of amidine groups is 1. The second kappa shape index (κ2) is 10.8. The number of aromatic carboxylic acids is 1. The minimum absolute atomic E-state index is 0.0251. The quantitative estimate of drug-likeness (QED) is 0.154. The third kappa shape index (κ3) is 5.00. The van der Waals surface area contributed by atoms with Gasteiger partial charge in [0.1, 0.15) is 11.6 Å². The van der Waals surface area contributed by atoms with Gasteiger partial charge in [0, 0.05) is 41.3 Å². The van der Waals surface area contributed by atoms with Crippen LogP contribution in [0.4, 0.5) is 0 Å². The summed E-state index contributed by atoms with van der Waals surface area (Å²) in [5.74, 6) is -0.566. The normalized spacial score (nSPS) is 11.0. The van der Waals surface area contributed by atoms with Gasteiger partial charge in [0.15, 0.2) is 0 Å². The lowest BCUT2D eigenvalue weighted by atomic mass is 9.91. The number of methoxy groups -OCH3 is 1. The summed E-state index contributed by atoms with van der Waals surface area (Å²) in [6, 6.07) is 27.4. The maximum atomic E-state index is 12.4. The van der Waals surface area contributed by atoms with Gasteiger partial charge < -0.3 is 25.9 Å². The number of nitrogens with two attached hydrogens (primary N) is 2. The van der Waals surface area contributed by atoms with E-state index in [1.165, 1.54) is 12.7 Å². The van der Waals surface area contributed by atoms with E-state index in [1.54, 1.807) is 12.1 Å². The Bertz CT molecular complexity index is 1690. The molecule has 39 heavy (non-hydrogen) atoms. The molecule has 1 heterocycles. The van der Waals surface area contributed by atoms with Crippen molar-refractivity contribution in [2.24, 2.45) is 11.5 Å². The van der Waals surface area contributed by atoms with Gasteiger partial charge in [-0.15, -0.1) is 0 Å². The van der Waals surface area contributed by atoms with Crippen molar-refractivity contribution in [2.45, 2.75) is 19.5 Å². The third-order valence-electron chi connectivity index (χ3n) is 7.07. The summed E-state index contributed by atoms with van der Waals surface area (Å²) in [5, 5.41) is 19.1. The van der Waals surface area contributed by atoms with Crippen LogP contribution >= 0.6 is 0 Å². The number of nitrogen functional groups attached to an aromatic ring is 1. The number of ether oxygens (including phenoxy) is 1. The van der Waals surface area contributed by atoms with Crippen LogP contribution in [-0.2, 0) is 19.5 Å². The van der Waals surface area contributed by atoms with E-state index in [9.17, 15) is 9.90 Å². The molecule has 0 bridgehead atoms. The van der Waals surface area contributed by atoms with Gasteiger partial charge in [-0.1, -0.05) is 54.6 Å². The molecule has 5 rings (SSSR count). The van der Waals surface area contributed by atoms with Crippen LogP contribution in [0.3, 0.4) is 0 Å². The Morgan fingerprint density at radius 2 is 1.69 bits per heavy atom. The Hall–Kier alpha value is -4.88. The highest BCUT2D eigenvalue weighted by Gasteiger charge is 2.22. The van der Waals surface area contributed by atoms with Crippen LogP contribution in [0.1, 0.15) is 38.2 Å². The second-order valence-corrected chi connectivity index (χ2v) is 9.43. The van der Waals surface area contributed by atoms with Gasteiger partial charge >= 0.3 is 5.97 Å². The van der Waals surface area contributed by atoms with E-state index in [4.69, 9.17) is 21.6 Å². The molecule has 4 aromatic carbocycles. The lowest BCUT2D eigenvalue weighted by molar-refractivity contribution is 0.0696. The number of fused-ring (bicyclic) bond motifs is 1. The van der Waals surface area contributed by atoms with Crippen LogP contribution in [0.15, 0.2) is 91.1 Å². The number of nitrogens with zero attached hydrogens (tertiary/aromatic N) is 1. The molecule has 0 saturated heterocycles. The Labute approximate surface area is 226 Å². The Balaban J connectivity index is 1.64. The molecule has 1 aromatic heterocycles. The summed E-state index contributed by atoms with van der Waals surface area (Å²) in [6.07, 6.45) is 2.87. The zero-order valence-electron chi connectivity index (χ0n) is 21.6. The average Bonchev–Trinajstić information content (AvgIpc) is 3.28. The van der Waals surface area contributed by atoms with E-state index in [0.717, 1.165) is 34.0 Å². The van der Waals surface area contributed by atoms with Crippen LogP contribution < -0.4 is 16.2 Å². The highest BCUT2D eigenvalue weighted by Crippen LogP contribution is 2.35. The standard InChI is InChI=1S/C32H30N4O3/c1-39-29-14-12-25(30(32(37)38)27(29)17-33)24-10-6-5-9-22(24)18-36-19-23(15-20-7-3-2-4-8-20)26-16-21(31(34)35)11-13-28(26)36/h2-14,16,19H,15,17-18,33H2,1H3,(H3,34,35)(H,37,38). The predicted molar refractivity (Wildman–Crippen MR) is 155 cm³/mol. The number of nitrogens with one attached hydrogen (secondary N) is 1. The lowest BCUT2D eigenvalue weighted by Gasteiger charge is -2.17. The Morgan fingerprint density at radius 1 is 0.949 bits per heavy atom. The largest absolute Gasteiger partial charge is 0.496 e. The maximum Gasteiger partial charge on any atom is 0.336 e. The molecule has 0 spiro atoms. The minimum atomic E-state index is -1.05. The Kier molecular flexibility index (Phi) is 7.17. The van der Waals surface area contributed by atoms with E-state index in [0.29, 0.717) is 29.0 Å². The molecular formula is C32H30N4O3. The Morgan fingerprint density at radius 3 is 2.38 bits per heavy atom. The highest BCUT2D eigenvalue weighted by atomic mass is 16.5. The fraction of sp³-hybridized carbons (Fsp3) is 0.125. The van der Waals surface area contributed by atoms with Crippen LogP contribution in [0.25, 0.3) is 22.0 Å². The van der Waals surface area contributed by atoms with E-state index in [1.807, 2.05) is 60.7 Å². The van der Waals surface area contributed by atoms with E-state index in [2.05, 4.69) is 22.9 Å². The first-order chi connectivity index (χ1) is 18.9. The van der Waals surface area contributed by atoms with Crippen molar-refractivity contribution in [3.8, 4) is 16.9 Å². The van der Waals surface area contributed by atoms with Crippen molar-refractivity contribution >= 4 is 22.7 Å². The second-order valence-electron chi connectivity index (χ2n) is 9.43. The van der Waals surface area contributed by atoms with Gasteiger partial charge in [0.2, 0.25) is 0 Å². The van der Waals surface area contributed by atoms with Crippen LogP contribution in [0.2, 0.25) is 0 Å². The van der Waals surface area contributed by atoms with E-state index >= 15 is 0 Å². The minimum Gasteiger partial charge on any atom is -0.496 e. The zero-order chi connectivity index (χ0) is 27.5. The van der Waals surface area contributed by atoms with Crippen LogP contribution in [0, 0.1) is 5.41 Å². The molecule has 0 radical (unpaired) electrons. The molecule has 0 aliphatic carbocycles. The number of carbonyl (C=O) groups is 1. The summed E-state index contributed by atoms with van der Waals surface area (Å²) in [7, 11) is 1.51. The average molecular weight is 519 g/mol. The van der Waals surface area contributed by atoms with Crippen molar-refractivity contribution in [3.63, 3.8) is 0 Å². The highest BCUT2D eigenvalue weighted by molar-refractivity contribution is 6.00. The van der Waals surface area contributed by atoms with Gasteiger partial charge in [0.05, 0.1) is 12.7 Å². The fourth-order valence-corrected chi connectivity index (χ4v) is 5.22. The van der Waals surface area contributed by atoms with E-state index in [-0.39, 0.29) is 17.9 Å². The SMILES string of the molecule is COc1ccc(-c2ccccc2Cn2cc(Cc3ccccc3)c3cc(C(=N)N)ccc32)c(C(=O)O)c1CN.